The molecule has 0 heterocycles. The number of hydrogen-bond donors (Lipinski definition) is 1. The summed E-state index contributed by atoms with van der Waals surface area (Å²) in [5.41, 5.74) is 1.67. The summed E-state index contributed by atoms with van der Waals surface area (Å²) in [5.74, 6) is 0.236. The van der Waals surface area contributed by atoms with E-state index in [1.807, 2.05) is 20.8 Å². The van der Waals surface area contributed by atoms with Crippen LogP contribution in [0.25, 0.3) is 6.08 Å². The first kappa shape index (κ1) is 12.4. The Morgan fingerprint density at radius 1 is 1.36 bits per heavy atom. The van der Waals surface area contributed by atoms with Crippen molar-refractivity contribution in [3.05, 3.63) is 30.3 Å². The van der Waals surface area contributed by atoms with E-state index in [9.17, 15) is 0 Å². The maximum Gasteiger partial charge on any atom is 0.116 e. The van der Waals surface area contributed by atoms with Gasteiger partial charge in [0.15, 0.2) is 0 Å². The highest BCUT2D eigenvalue weighted by atomic mass is 16.3. The number of nitrogens with zero attached hydrogens (tertiary/aromatic N) is 1. The zero-order valence-electron chi connectivity index (χ0n) is 8.99. The van der Waals surface area contributed by atoms with E-state index in [0.29, 0.717) is 0 Å². The molecule has 14 heavy (non-hydrogen) atoms. The van der Waals surface area contributed by atoms with E-state index in [2.05, 4.69) is 11.6 Å². The Balaban J connectivity index is 0.000000791. The van der Waals surface area contributed by atoms with Crippen molar-refractivity contribution >= 4 is 18.0 Å². The van der Waals surface area contributed by atoms with Crippen LogP contribution in [0.15, 0.2) is 29.8 Å². The zero-order chi connectivity index (χ0) is 11.0. The van der Waals surface area contributed by atoms with Gasteiger partial charge in [-0.05, 0) is 25.1 Å². The van der Waals surface area contributed by atoms with E-state index >= 15 is 0 Å². The first-order chi connectivity index (χ1) is 6.77. The molecule has 0 radical (unpaired) electrons. The van der Waals surface area contributed by atoms with Crippen LogP contribution in [0.5, 0.6) is 5.75 Å². The Labute approximate surface area is 85.6 Å². The van der Waals surface area contributed by atoms with E-state index < -0.39 is 0 Å². The fraction of sp³-hybridized carbons (Fsp3) is 0.250. The summed E-state index contributed by atoms with van der Waals surface area (Å²) in [5, 5.41) is 9.14. The number of aliphatic imine (C=N–C) groups is 1. The fourth-order valence-corrected chi connectivity index (χ4v) is 0.962. The minimum Gasteiger partial charge on any atom is -0.508 e. The van der Waals surface area contributed by atoms with Crippen molar-refractivity contribution in [1.29, 1.82) is 0 Å². The summed E-state index contributed by atoms with van der Waals surface area (Å²) >= 11 is 0. The summed E-state index contributed by atoms with van der Waals surface area (Å²) in [4.78, 5) is 4.11. The van der Waals surface area contributed by atoms with Gasteiger partial charge in [0.1, 0.15) is 5.75 Å². The lowest BCUT2D eigenvalue weighted by molar-refractivity contribution is 0.475. The van der Waals surface area contributed by atoms with Gasteiger partial charge < -0.3 is 5.11 Å². The third-order valence-corrected chi connectivity index (χ3v) is 1.50. The molecule has 0 aliphatic carbocycles. The van der Waals surface area contributed by atoms with Crippen LogP contribution in [0.2, 0.25) is 0 Å². The quantitative estimate of drug-likeness (QED) is 0.709. The maximum absolute atomic E-state index is 9.14. The molecule has 1 aromatic carbocycles. The molecule has 0 aliphatic heterocycles. The second-order valence-corrected chi connectivity index (χ2v) is 2.33. The van der Waals surface area contributed by atoms with E-state index in [4.69, 9.17) is 5.11 Å². The second-order valence-electron chi connectivity index (χ2n) is 2.33. The second kappa shape index (κ2) is 6.89. The predicted octanol–water partition coefficient (Wildman–Crippen LogP) is 3.78. The average Bonchev–Trinajstić information content (AvgIpc) is 2.24. The van der Waals surface area contributed by atoms with Crippen molar-refractivity contribution in [1.82, 2.24) is 0 Å². The average molecular weight is 191 g/mol. The molecule has 0 aromatic heterocycles. The van der Waals surface area contributed by atoms with Gasteiger partial charge in [0.25, 0.3) is 0 Å². The van der Waals surface area contributed by atoms with Gasteiger partial charge in [-0.25, -0.2) is 0 Å². The normalized spacial score (nSPS) is 9.36. The van der Waals surface area contributed by atoms with Gasteiger partial charge >= 0.3 is 0 Å². The van der Waals surface area contributed by atoms with Crippen molar-refractivity contribution in [2.75, 3.05) is 0 Å². The van der Waals surface area contributed by atoms with Gasteiger partial charge in [-0.15, -0.1) is 0 Å². The summed E-state index contributed by atoms with van der Waals surface area (Å²) in [6, 6.07) is 5.00. The van der Waals surface area contributed by atoms with E-state index in [1.165, 1.54) is 0 Å². The maximum atomic E-state index is 9.14. The third-order valence-electron chi connectivity index (χ3n) is 1.50. The lowest BCUT2D eigenvalue weighted by Crippen LogP contribution is -1.74. The standard InChI is InChI=1S/C10H11NO.C2H6/c1-3-8-7-9(12)5-6-10(8)11-4-2;1-2/h3-7,12H,1H2,2H3;1-2H3. The molecule has 0 amide bonds. The highest BCUT2D eigenvalue weighted by molar-refractivity contribution is 5.69. The minimum atomic E-state index is 0.236. The molecule has 1 aromatic rings. The largest absolute Gasteiger partial charge is 0.508 e. The van der Waals surface area contributed by atoms with Crippen LogP contribution in [-0.4, -0.2) is 11.3 Å². The molecule has 76 valence electrons. The molecular weight excluding hydrogens is 174 g/mol. The number of phenols is 1. The topological polar surface area (TPSA) is 32.6 Å². The monoisotopic (exact) mass is 191 g/mol. The molecule has 0 aliphatic rings. The molecule has 1 N–H and O–H groups in total. The first-order valence-corrected chi connectivity index (χ1v) is 4.72. The number of phenolic OH excluding ortho intramolecular Hbond substituents is 1. The van der Waals surface area contributed by atoms with E-state index in [0.717, 1.165) is 11.3 Å². The van der Waals surface area contributed by atoms with Crippen LogP contribution in [0.3, 0.4) is 0 Å². The van der Waals surface area contributed by atoms with Crippen LogP contribution in [0.4, 0.5) is 5.69 Å². The molecule has 2 nitrogen and oxygen atoms in total. The van der Waals surface area contributed by atoms with Crippen LogP contribution >= 0.6 is 0 Å². The van der Waals surface area contributed by atoms with Crippen LogP contribution in [0.1, 0.15) is 26.3 Å². The van der Waals surface area contributed by atoms with Crippen LogP contribution in [-0.2, 0) is 0 Å². The third kappa shape index (κ3) is 3.44. The Morgan fingerprint density at radius 2 is 2.00 bits per heavy atom. The van der Waals surface area contributed by atoms with Crippen molar-refractivity contribution in [3.8, 4) is 5.75 Å². The molecule has 0 spiro atoms. The van der Waals surface area contributed by atoms with E-state index in [1.54, 1.807) is 30.5 Å². The van der Waals surface area contributed by atoms with Crippen molar-refractivity contribution in [2.24, 2.45) is 4.99 Å². The van der Waals surface area contributed by atoms with Crippen LogP contribution < -0.4 is 0 Å². The molecular formula is C12H17NO. The smallest absolute Gasteiger partial charge is 0.116 e. The molecule has 2 heteroatoms. The Kier molecular flexibility index (Phi) is 6.12. The number of hydrogen-bond acceptors (Lipinski definition) is 2. The van der Waals surface area contributed by atoms with Crippen LogP contribution in [0, 0.1) is 0 Å². The Morgan fingerprint density at radius 3 is 2.50 bits per heavy atom. The minimum absolute atomic E-state index is 0.236. The zero-order valence-corrected chi connectivity index (χ0v) is 8.99. The predicted molar refractivity (Wildman–Crippen MR) is 63.4 cm³/mol. The lowest BCUT2D eigenvalue weighted by Gasteiger charge is -1.99. The number of aromatic hydroxyl groups is 1. The summed E-state index contributed by atoms with van der Waals surface area (Å²) in [6.45, 7) is 9.48. The van der Waals surface area contributed by atoms with Crippen molar-refractivity contribution in [2.45, 2.75) is 20.8 Å². The summed E-state index contributed by atoms with van der Waals surface area (Å²) < 4.78 is 0. The fourth-order valence-electron chi connectivity index (χ4n) is 0.962. The molecule has 0 unspecified atom stereocenters. The highest BCUT2D eigenvalue weighted by Gasteiger charge is 1.96. The van der Waals surface area contributed by atoms with Gasteiger partial charge in [-0.3, -0.25) is 4.99 Å². The van der Waals surface area contributed by atoms with Gasteiger partial charge in [0.05, 0.1) is 5.69 Å². The molecule has 0 saturated carbocycles. The molecule has 0 fully saturated rings. The summed E-state index contributed by atoms with van der Waals surface area (Å²) in [7, 11) is 0. The summed E-state index contributed by atoms with van der Waals surface area (Å²) in [6.07, 6.45) is 3.38. The van der Waals surface area contributed by atoms with E-state index in [-0.39, 0.29) is 5.75 Å². The highest BCUT2D eigenvalue weighted by Crippen LogP contribution is 2.24. The molecule has 0 bridgehead atoms. The number of benzene rings is 1. The lowest BCUT2D eigenvalue weighted by atomic mass is 10.1. The van der Waals surface area contributed by atoms with Gasteiger partial charge in [-0.1, -0.05) is 26.5 Å². The Hall–Kier alpha value is -1.57. The molecule has 0 saturated heterocycles. The molecule has 0 atom stereocenters. The van der Waals surface area contributed by atoms with Gasteiger partial charge in [0, 0.05) is 11.8 Å². The van der Waals surface area contributed by atoms with Gasteiger partial charge in [0.2, 0.25) is 0 Å². The molecule has 1 rings (SSSR count). The SMILES string of the molecule is C=Cc1cc(O)ccc1N=CC.CC. The number of rotatable bonds is 2. The van der Waals surface area contributed by atoms with Gasteiger partial charge in [-0.2, -0.15) is 0 Å². The van der Waals surface area contributed by atoms with Crippen molar-refractivity contribution in [3.63, 3.8) is 0 Å². The first-order valence-electron chi connectivity index (χ1n) is 4.72. The Bertz CT molecular complexity index is 316. The van der Waals surface area contributed by atoms with Crippen molar-refractivity contribution < 1.29 is 5.11 Å².